The predicted molar refractivity (Wildman–Crippen MR) is 100 cm³/mol. The average molecular weight is 613 g/mol. The van der Waals surface area contributed by atoms with E-state index in [4.69, 9.17) is 0 Å². The van der Waals surface area contributed by atoms with Crippen molar-refractivity contribution in [2.45, 2.75) is 20.3 Å². The normalized spacial score (nSPS) is 10.2. The lowest BCUT2D eigenvalue weighted by molar-refractivity contribution is -0.116. The SMILES string of the molecule is CC(=O)Cc1c(I)c(NC(C)=O)c(I)c(C(=O)O)c1I. The number of benzene rings is 1. The van der Waals surface area contributed by atoms with Gasteiger partial charge < -0.3 is 10.4 Å². The number of anilines is 1. The second kappa shape index (κ2) is 7.33. The molecule has 0 saturated carbocycles. The molecule has 0 aliphatic rings. The number of rotatable bonds is 4. The third-order valence-electron chi connectivity index (χ3n) is 2.35. The van der Waals surface area contributed by atoms with Crippen molar-refractivity contribution >= 4 is 91.1 Å². The molecule has 20 heavy (non-hydrogen) atoms. The molecule has 0 heterocycles. The average Bonchev–Trinajstić information content (AvgIpc) is 2.29. The van der Waals surface area contributed by atoms with Gasteiger partial charge in [0.05, 0.1) is 14.8 Å². The Labute approximate surface area is 156 Å². The third-order valence-corrected chi connectivity index (χ3v) is 5.81. The molecule has 2 N–H and O–H groups in total. The lowest BCUT2D eigenvalue weighted by atomic mass is 10.0. The molecule has 0 aromatic heterocycles. The fourth-order valence-electron chi connectivity index (χ4n) is 1.59. The molecule has 5 nitrogen and oxygen atoms in total. The summed E-state index contributed by atoms with van der Waals surface area (Å²) in [6.45, 7) is 2.80. The second-order valence-electron chi connectivity index (χ2n) is 4.04. The molecule has 1 aromatic rings. The second-order valence-corrected chi connectivity index (χ2v) is 7.27. The highest BCUT2D eigenvalue weighted by Gasteiger charge is 2.25. The Kier molecular flexibility index (Phi) is 6.63. The van der Waals surface area contributed by atoms with Crippen molar-refractivity contribution in [3.05, 3.63) is 21.8 Å². The van der Waals surface area contributed by atoms with Crippen molar-refractivity contribution in [3.63, 3.8) is 0 Å². The van der Waals surface area contributed by atoms with Crippen LogP contribution in [0.1, 0.15) is 29.8 Å². The molecule has 0 radical (unpaired) electrons. The minimum absolute atomic E-state index is 0.0628. The van der Waals surface area contributed by atoms with Crippen LogP contribution in [0.2, 0.25) is 0 Å². The molecule has 0 bridgehead atoms. The number of aromatic carboxylic acids is 1. The minimum atomic E-state index is -1.08. The van der Waals surface area contributed by atoms with Gasteiger partial charge in [0, 0.05) is 20.5 Å². The highest BCUT2D eigenvalue weighted by molar-refractivity contribution is 14.1. The van der Waals surface area contributed by atoms with Crippen LogP contribution >= 0.6 is 67.8 Å². The highest BCUT2D eigenvalue weighted by Crippen LogP contribution is 2.36. The van der Waals surface area contributed by atoms with E-state index in [1.807, 2.05) is 67.8 Å². The van der Waals surface area contributed by atoms with Crippen LogP contribution in [0.5, 0.6) is 0 Å². The molecular weight excluding hydrogens is 603 g/mol. The zero-order valence-corrected chi connectivity index (χ0v) is 17.0. The number of ketones is 1. The van der Waals surface area contributed by atoms with Gasteiger partial charge in [0.1, 0.15) is 5.78 Å². The molecule has 0 unspecified atom stereocenters. The van der Waals surface area contributed by atoms with Crippen LogP contribution in [0, 0.1) is 10.7 Å². The van der Waals surface area contributed by atoms with E-state index >= 15 is 0 Å². The minimum Gasteiger partial charge on any atom is -0.478 e. The van der Waals surface area contributed by atoms with E-state index in [1.165, 1.54) is 13.8 Å². The molecule has 1 aromatic carbocycles. The van der Waals surface area contributed by atoms with Gasteiger partial charge in [0.2, 0.25) is 5.91 Å². The van der Waals surface area contributed by atoms with Crippen LogP contribution < -0.4 is 5.32 Å². The van der Waals surface area contributed by atoms with E-state index in [9.17, 15) is 19.5 Å². The van der Waals surface area contributed by atoms with E-state index in [-0.39, 0.29) is 23.7 Å². The van der Waals surface area contributed by atoms with Gasteiger partial charge in [-0.05, 0) is 80.3 Å². The third kappa shape index (κ3) is 4.02. The number of carbonyl (C=O) groups is 3. The maximum atomic E-state index is 11.4. The summed E-state index contributed by atoms with van der Waals surface area (Å²) in [5.74, 6) is -1.43. The molecular formula is C12H10I3NO4. The lowest BCUT2D eigenvalue weighted by Crippen LogP contribution is -2.17. The predicted octanol–water partition coefficient (Wildman–Crippen LogP) is 3.29. The van der Waals surface area contributed by atoms with Gasteiger partial charge in [-0.2, -0.15) is 0 Å². The van der Waals surface area contributed by atoms with E-state index in [1.54, 1.807) is 0 Å². The first kappa shape index (κ1) is 18.1. The summed E-state index contributed by atoms with van der Waals surface area (Å²) in [7, 11) is 0. The van der Waals surface area contributed by atoms with Crippen molar-refractivity contribution in [2.24, 2.45) is 0 Å². The van der Waals surface area contributed by atoms with Crippen molar-refractivity contribution < 1.29 is 19.5 Å². The topological polar surface area (TPSA) is 83.5 Å². The fourth-order valence-corrected chi connectivity index (χ4v) is 5.87. The standard InChI is InChI=1S/C12H10I3NO4/c1-4(17)3-6-8(13)7(12(19)20)10(15)11(9(6)14)16-5(2)18/h3H2,1-2H3,(H,16,18)(H,19,20). The van der Waals surface area contributed by atoms with Gasteiger partial charge in [-0.25, -0.2) is 4.79 Å². The maximum absolute atomic E-state index is 11.4. The Morgan fingerprint density at radius 1 is 1.05 bits per heavy atom. The van der Waals surface area contributed by atoms with Crippen molar-refractivity contribution in [1.82, 2.24) is 0 Å². The van der Waals surface area contributed by atoms with Gasteiger partial charge in [0.25, 0.3) is 0 Å². The van der Waals surface area contributed by atoms with E-state index < -0.39 is 5.97 Å². The monoisotopic (exact) mass is 613 g/mol. The van der Waals surface area contributed by atoms with Crippen molar-refractivity contribution in [2.75, 3.05) is 5.32 Å². The summed E-state index contributed by atoms with van der Waals surface area (Å²) in [6, 6.07) is 0. The van der Waals surface area contributed by atoms with Crippen LogP contribution in [-0.2, 0) is 16.0 Å². The number of amides is 1. The molecule has 0 aliphatic carbocycles. The Balaban J connectivity index is 3.68. The van der Waals surface area contributed by atoms with Crippen LogP contribution in [-0.4, -0.2) is 22.8 Å². The molecule has 1 rings (SSSR count). The first-order valence-corrected chi connectivity index (χ1v) is 8.60. The van der Waals surface area contributed by atoms with Crippen LogP contribution in [0.3, 0.4) is 0 Å². The maximum Gasteiger partial charge on any atom is 0.337 e. The van der Waals surface area contributed by atoms with Crippen LogP contribution in [0.15, 0.2) is 0 Å². The first-order valence-electron chi connectivity index (χ1n) is 5.36. The Morgan fingerprint density at radius 3 is 2.00 bits per heavy atom. The Morgan fingerprint density at radius 2 is 1.60 bits per heavy atom. The first-order chi connectivity index (χ1) is 9.16. The molecule has 8 heteroatoms. The Hall–Kier alpha value is 0.0200. The summed E-state index contributed by atoms with van der Waals surface area (Å²) in [5, 5.41) is 12.0. The molecule has 0 aliphatic heterocycles. The molecule has 108 valence electrons. The highest BCUT2D eigenvalue weighted by atomic mass is 127. The zero-order valence-electron chi connectivity index (χ0n) is 10.5. The molecule has 1 amide bonds. The molecule has 0 saturated heterocycles. The fraction of sp³-hybridized carbons (Fsp3) is 0.250. The number of carbonyl (C=O) groups excluding carboxylic acids is 2. The molecule has 0 fully saturated rings. The number of hydrogen-bond donors (Lipinski definition) is 2. The largest absolute Gasteiger partial charge is 0.478 e. The lowest BCUT2D eigenvalue weighted by Gasteiger charge is -2.17. The van der Waals surface area contributed by atoms with E-state index in [2.05, 4.69) is 5.32 Å². The van der Waals surface area contributed by atoms with Crippen molar-refractivity contribution in [1.29, 1.82) is 0 Å². The quantitative estimate of drug-likeness (QED) is 0.512. The number of nitrogens with one attached hydrogen (secondary N) is 1. The summed E-state index contributed by atoms with van der Waals surface area (Å²) >= 11 is 5.87. The summed E-state index contributed by atoms with van der Waals surface area (Å²) in [5.41, 5.74) is 1.21. The van der Waals surface area contributed by atoms with E-state index in [0.29, 0.717) is 22.0 Å². The number of halogens is 3. The summed E-state index contributed by atoms with van der Waals surface area (Å²) in [6.07, 6.45) is 0.139. The van der Waals surface area contributed by atoms with Gasteiger partial charge in [0.15, 0.2) is 0 Å². The van der Waals surface area contributed by atoms with Crippen molar-refractivity contribution in [3.8, 4) is 0 Å². The number of hydrogen-bond acceptors (Lipinski definition) is 3. The van der Waals surface area contributed by atoms with Gasteiger partial charge in [-0.15, -0.1) is 0 Å². The Bertz CT molecular complexity index is 570. The van der Waals surface area contributed by atoms with Crippen LogP contribution in [0.25, 0.3) is 0 Å². The zero-order chi connectivity index (χ0) is 15.6. The molecule has 0 atom stereocenters. The van der Waals surface area contributed by atoms with E-state index in [0.717, 1.165) is 0 Å². The number of carboxylic acid groups (broad SMARTS) is 1. The summed E-state index contributed by atoms with van der Waals surface area (Å²) in [4.78, 5) is 34.1. The smallest absolute Gasteiger partial charge is 0.337 e. The number of carboxylic acids is 1. The number of Topliss-reactive ketones (excluding diaryl/α,β-unsaturated/α-hetero) is 1. The van der Waals surface area contributed by atoms with Gasteiger partial charge in [-0.3, -0.25) is 9.59 Å². The summed E-state index contributed by atoms with van der Waals surface area (Å²) < 4.78 is 1.70. The molecule has 0 spiro atoms. The van der Waals surface area contributed by atoms with Gasteiger partial charge in [-0.1, -0.05) is 0 Å². The van der Waals surface area contributed by atoms with Crippen LogP contribution in [0.4, 0.5) is 5.69 Å². The van der Waals surface area contributed by atoms with Gasteiger partial charge >= 0.3 is 5.97 Å².